The average Bonchev–Trinajstić information content (AvgIpc) is 2.82. The smallest absolute Gasteiger partial charge is 0.350 e. The normalized spacial score (nSPS) is 22.7. The molecule has 2 atom stereocenters. The SMILES string of the molecule is CCOP(=O)(OCC)C1O[C@@H](c2ccccc2Br)CC1=O. The van der Waals surface area contributed by atoms with Crippen LogP contribution in [0.3, 0.4) is 0 Å². The number of ether oxygens (including phenoxy) is 1. The van der Waals surface area contributed by atoms with Gasteiger partial charge in [-0.15, -0.1) is 0 Å². The summed E-state index contributed by atoms with van der Waals surface area (Å²) >= 11 is 3.44. The Hall–Kier alpha value is -0.520. The van der Waals surface area contributed by atoms with E-state index in [1.807, 2.05) is 24.3 Å². The Labute approximate surface area is 132 Å². The van der Waals surface area contributed by atoms with Crippen molar-refractivity contribution in [2.75, 3.05) is 13.2 Å². The van der Waals surface area contributed by atoms with E-state index in [-0.39, 0.29) is 25.4 Å². The fraction of sp³-hybridized carbons (Fsp3) is 0.500. The molecule has 1 fully saturated rings. The topological polar surface area (TPSA) is 61.8 Å². The minimum absolute atomic E-state index is 0.164. The minimum atomic E-state index is -3.58. The third-order valence-corrected chi connectivity index (χ3v) is 6.06. The molecule has 5 nitrogen and oxygen atoms in total. The second kappa shape index (κ2) is 7.16. The number of benzene rings is 1. The maximum absolute atomic E-state index is 12.7. The molecule has 0 saturated carbocycles. The van der Waals surface area contributed by atoms with Crippen molar-refractivity contribution in [1.29, 1.82) is 0 Å². The van der Waals surface area contributed by atoms with Crippen LogP contribution in [0.15, 0.2) is 28.7 Å². The van der Waals surface area contributed by atoms with E-state index >= 15 is 0 Å². The van der Waals surface area contributed by atoms with E-state index in [0.29, 0.717) is 0 Å². The lowest BCUT2D eigenvalue weighted by Gasteiger charge is -2.22. The fourth-order valence-electron chi connectivity index (χ4n) is 2.27. The lowest BCUT2D eigenvalue weighted by molar-refractivity contribution is -0.120. The summed E-state index contributed by atoms with van der Waals surface area (Å²) in [5, 5.41) is 0. The van der Waals surface area contributed by atoms with Crippen molar-refractivity contribution in [2.24, 2.45) is 0 Å². The van der Waals surface area contributed by atoms with Gasteiger partial charge in [-0.2, -0.15) is 0 Å². The first-order chi connectivity index (χ1) is 10.0. The molecule has 21 heavy (non-hydrogen) atoms. The van der Waals surface area contributed by atoms with Gasteiger partial charge < -0.3 is 13.8 Å². The van der Waals surface area contributed by atoms with Gasteiger partial charge in [0.25, 0.3) is 0 Å². The van der Waals surface area contributed by atoms with E-state index in [4.69, 9.17) is 13.8 Å². The van der Waals surface area contributed by atoms with E-state index in [0.717, 1.165) is 10.0 Å². The maximum Gasteiger partial charge on any atom is 0.366 e. The quantitative estimate of drug-likeness (QED) is 0.700. The highest BCUT2D eigenvalue weighted by atomic mass is 79.9. The standard InChI is InChI=1S/C14H18BrO5P/c1-3-18-21(17,19-4-2)14-12(16)9-13(20-14)10-7-5-6-8-11(10)15/h5-8,13-14H,3-4,9H2,1-2H3/t13-,14?/m1/s1. The Morgan fingerprint density at radius 1 is 1.29 bits per heavy atom. The van der Waals surface area contributed by atoms with Gasteiger partial charge in [0.15, 0.2) is 5.78 Å². The molecular weight excluding hydrogens is 359 g/mol. The summed E-state index contributed by atoms with van der Waals surface area (Å²) in [5.41, 5.74) is 0.855. The predicted octanol–water partition coefficient (Wildman–Crippen LogP) is 4.07. The highest BCUT2D eigenvalue weighted by Gasteiger charge is 2.48. The second-order valence-electron chi connectivity index (χ2n) is 4.54. The van der Waals surface area contributed by atoms with E-state index in [9.17, 15) is 9.36 Å². The number of carbonyl (C=O) groups excluding carboxylic acids is 1. The predicted molar refractivity (Wildman–Crippen MR) is 82.2 cm³/mol. The molecule has 0 amide bonds. The van der Waals surface area contributed by atoms with Gasteiger partial charge in [0.2, 0.25) is 5.85 Å². The number of ketones is 1. The molecule has 1 aromatic carbocycles. The zero-order valence-corrected chi connectivity index (χ0v) is 14.4. The average molecular weight is 377 g/mol. The summed E-state index contributed by atoms with van der Waals surface area (Å²) in [4.78, 5) is 12.2. The Balaban J connectivity index is 2.23. The van der Waals surface area contributed by atoms with Crippen molar-refractivity contribution in [2.45, 2.75) is 32.2 Å². The van der Waals surface area contributed by atoms with Crippen molar-refractivity contribution in [1.82, 2.24) is 0 Å². The first-order valence-corrected chi connectivity index (χ1v) is 9.23. The molecule has 1 unspecified atom stereocenters. The molecule has 1 aliphatic rings. The van der Waals surface area contributed by atoms with Gasteiger partial charge in [0.1, 0.15) is 0 Å². The third kappa shape index (κ3) is 3.63. The molecule has 0 aliphatic carbocycles. The van der Waals surface area contributed by atoms with Crippen LogP contribution in [-0.2, 0) is 23.1 Å². The largest absolute Gasteiger partial charge is 0.366 e. The maximum atomic E-state index is 12.7. The van der Waals surface area contributed by atoms with Gasteiger partial charge in [0, 0.05) is 10.9 Å². The van der Waals surface area contributed by atoms with Gasteiger partial charge in [-0.25, -0.2) is 0 Å². The summed E-state index contributed by atoms with van der Waals surface area (Å²) in [6.45, 7) is 3.81. The number of Topliss-reactive ketones (excluding diaryl/α,β-unsaturated/α-hetero) is 1. The molecule has 1 saturated heterocycles. The van der Waals surface area contributed by atoms with Gasteiger partial charge in [-0.05, 0) is 25.5 Å². The third-order valence-electron chi connectivity index (χ3n) is 3.11. The van der Waals surface area contributed by atoms with Gasteiger partial charge in [-0.3, -0.25) is 9.36 Å². The molecule has 1 heterocycles. The number of hydrogen-bond donors (Lipinski definition) is 0. The Bertz CT molecular complexity index is 552. The zero-order chi connectivity index (χ0) is 15.5. The highest BCUT2D eigenvalue weighted by Crippen LogP contribution is 2.58. The zero-order valence-electron chi connectivity index (χ0n) is 12.0. The minimum Gasteiger partial charge on any atom is -0.350 e. The van der Waals surface area contributed by atoms with Crippen molar-refractivity contribution in [3.63, 3.8) is 0 Å². The van der Waals surface area contributed by atoms with E-state index < -0.39 is 19.5 Å². The summed E-state index contributed by atoms with van der Waals surface area (Å²) in [6, 6.07) is 7.50. The number of hydrogen-bond acceptors (Lipinski definition) is 5. The van der Waals surface area contributed by atoms with Crippen LogP contribution in [0, 0.1) is 0 Å². The molecule has 2 rings (SSSR count). The van der Waals surface area contributed by atoms with Crippen LogP contribution < -0.4 is 0 Å². The van der Waals surface area contributed by atoms with Crippen LogP contribution in [0.1, 0.15) is 31.9 Å². The number of rotatable bonds is 6. The molecular formula is C14H18BrO5P. The van der Waals surface area contributed by atoms with E-state index in [2.05, 4.69) is 15.9 Å². The van der Waals surface area contributed by atoms with E-state index in [1.165, 1.54) is 0 Å². The van der Waals surface area contributed by atoms with Crippen molar-refractivity contribution in [3.8, 4) is 0 Å². The monoisotopic (exact) mass is 376 g/mol. The van der Waals surface area contributed by atoms with Crippen LogP contribution in [0.2, 0.25) is 0 Å². The van der Waals surface area contributed by atoms with E-state index in [1.54, 1.807) is 13.8 Å². The lowest BCUT2D eigenvalue weighted by Crippen LogP contribution is -2.19. The van der Waals surface area contributed by atoms with Crippen molar-refractivity contribution < 1.29 is 23.1 Å². The number of carbonyl (C=O) groups is 1. The summed E-state index contributed by atoms with van der Waals surface area (Å²) < 4.78 is 29.7. The molecule has 7 heteroatoms. The van der Waals surface area contributed by atoms with Crippen LogP contribution in [-0.4, -0.2) is 24.8 Å². The summed E-state index contributed by atoms with van der Waals surface area (Å²) in [5.74, 6) is -1.39. The van der Waals surface area contributed by atoms with Gasteiger partial charge in [-0.1, -0.05) is 34.1 Å². The van der Waals surface area contributed by atoms with Crippen LogP contribution in [0.5, 0.6) is 0 Å². The molecule has 0 aromatic heterocycles. The Morgan fingerprint density at radius 3 is 2.48 bits per heavy atom. The first kappa shape index (κ1) is 16.8. The molecule has 0 bridgehead atoms. The molecule has 0 spiro atoms. The molecule has 0 radical (unpaired) electrons. The second-order valence-corrected chi connectivity index (χ2v) is 7.46. The molecule has 1 aliphatic heterocycles. The van der Waals surface area contributed by atoms with Crippen molar-refractivity contribution in [3.05, 3.63) is 34.3 Å². The first-order valence-electron chi connectivity index (χ1n) is 6.83. The van der Waals surface area contributed by atoms with Gasteiger partial charge >= 0.3 is 7.60 Å². The van der Waals surface area contributed by atoms with Crippen LogP contribution in [0.4, 0.5) is 0 Å². The fourth-order valence-corrected chi connectivity index (χ4v) is 4.63. The Kier molecular flexibility index (Phi) is 5.74. The Morgan fingerprint density at radius 2 is 1.90 bits per heavy atom. The van der Waals surface area contributed by atoms with Crippen LogP contribution in [0.25, 0.3) is 0 Å². The van der Waals surface area contributed by atoms with Gasteiger partial charge in [0.05, 0.1) is 19.3 Å². The van der Waals surface area contributed by atoms with Crippen LogP contribution >= 0.6 is 23.5 Å². The molecule has 116 valence electrons. The lowest BCUT2D eigenvalue weighted by atomic mass is 10.1. The summed E-state index contributed by atoms with van der Waals surface area (Å²) in [6.07, 6.45) is -0.274. The van der Waals surface area contributed by atoms with Crippen molar-refractivity contribution >= 4 is 29.3 Å². The molecule has 0 N–H and O–H groups in total. The molecule has 1 aromatic rings. The number of halogens is 1. The summed E-state index contributed by atoms with van der Waals surface area (Å²) in [7, 11) is -3.58. The highest BCUT2D eigenvalue weighted by molar-refractivity contribution is 9.10.